The van der Waals surface area contributed by atoms with E-state index in [1.807, 2.05) is 0 Å². The topological polar surface area (TPSA) is 29.3 Å². The van der Waals surface area contributed by atoms with Gasteiger partial charge in [-0.2, -0.15) is 0 Å². The van der Waals surface area contributed by atoms with Crippen LogP contribution in [0.5, 0.6) is 0 Å². The number of hydrogen-bond donors (Lipinski definition) is 1. The minimum Gasteiger partial charge on any atom is -0.330 e. The normalized spacial score (nSPS) is 14.0. The lowest BCUT2D eigenvalue weighted by atomic mass is 9.94. The van der Waals surface area contributed by atoms with Gasteiger partial charge in [0.2, 0.25) is 0 Å². The smallest absolute Gasteiger partial charge is 0.00887 e. The van der Waals surface area contributed by atoms with Gasteiger partial charge in [0, 0.05) is 25.6 Å². The molecule has 0 aliphatic heterocycles. The minimum atomic E-state index is 0.338. The molecule has 0 aliphatic rings. The third-order valence-electron chi connectivity index (χ3n) is 2.83. The van der Waals surface area contributed by atoms with Crippen molar-refractivity contribution in [3.05, 3.63) is 35.9 Å². The fourth-order valence-electron chi connectivity index (χ4n) is 2.29. The molecule has 0 bridgehead atoms. The molecule has 1 rings (SSSR count). The summed E-state index contributed by atoms with van der Waals surface area (Å²) in [5.41, 5.74) is 7.57. The maximum absolute atomic E-state index is 5.89. The van der Waals surface area contributed by atoms with E-state index in [2.05, 4.69) is 63.1 Å². The first-order valence-corrected chi connectivity index (χ1v) is 6.36. The van der Waals surface area contributed by atoms with Gasteiger partial charge in [-0.25, -0.2) is 0 Å². The first kappa shape index (κ1) is 14.2. The van der Waals surface area contributed by atoms with Crippen LogP contribution in [0.2, 0.25) is 0 Å². The number of nitrogens with two attached hydrogens (primary N) is 1. The van der Waals surface area contributed by atoms with Crippen LogP contribution >= 0.6 is 0 Å². The molecule has 0 radical (unpaired) electrons. The summed E-state index contributed by atoms with van der Waals surface area (Å²) in [5, 5.41) is 0. The average Bonchev–Trinajstić information content (AvgIpc) is 2.24. The Morgan fingerprint density at radius 1 is 1.18 bits per heavy atom. The second-order valence-electron chi connectivity index (χ2n) is 6.10. The van der Waals surface area contributed by atoms with E-state index in [-0.39, 0.29) is 0 Å². The van der Waals surface area contributed by atoms with Gasteiger partial charge in [0.15, 0.2) is 0 Å². The fraction of sp³-hybridized carbons (Fsp3) is 0.600. The summed E-state index contributed by atoms with van der Waals surface area (Å²) in [7, 11) is 2.18. The summed E-state index contributed by atoms with van der Waals surface area (Å²) in [5.74, 6) is 0.434. The second-order valence-corrected chi connectivity index (χ2v) is 6.10. The van der Waals surface area contributed by atoms with E-state index in [0.29, 0.717) is 17.9 Å². The molecular weight excluding hydrogens is 208 g/mol. The fourth-order valence-corrected chi connectivity index (χ4v) is 2.29. The van der Waals surface area contributed by atoms with E-state index in [1.54, 1.807) is 0 Å². The van der Waals surface area contributed by atoms with E-state index < -0.39 is 0 Å². The van der Waals surface area contributed by atoms with Gasteiger partial charge in [-0.05, 0) is 18.0 Å². The van der Waals surface area contributed by atoms with Gasteiger partial charge in [0.05, 0.1) is 0 Å². The summed E-state index contributed by atoms with van der Waals surface area (Å²) in [6, 6.07) is 10.6. The average molecular weight is 234 g/mol. The van der Waals surface area contributed by atoms with Gasteiger partial charge in [0.1, 0.15) is 0 Å². The van der Waals surface area contributed by atoms with Crippen LogP contribution in [-0.4, -0.2) is 31.6 Å². The molecule has 0 amide bonds. The van der Waals surface area contributed by atoms with E-state index in [4.69, 9.17) is 5.73 Å². The summed E-state index contributed by atoms with van der Waals surface area (Å²) in [6.07, 6.45) is 0. The standard InChI is InChI=1S/C15H26N2/c1-15(2,3)12-17(4)11-14(10-16)13-8-6-5-7-9-13/h5-9,14H,10-12,16H2,1-4H3. The van der Waals surface area contributed by atoms with Crippen LogP contribution in [0.3, 0.4) is 0 Å². The molecule has 0 aromatic heterocycles. The lowest BCUT2D eigenvalue weighted by Gasteiger charge is -2.29. The molecule has 0 saturated heterocycles. The lowest BCUT2D eigenvalue weighted by molar-refractivity contribution is 0.217. The number of nitrogens with zero attached hydrogens (tertiary/aromatic N) is 1. The first-order chi connectivity index (χ1) is 7.92. The predicted octanol–water partition coefficient (Wildman–Crippen LogP) is 2.71. The van der Waals surface area contributed by atoms with Crippen molar-refractivity contribution >= 4 is 0 Å². The number of rotatable bonds is 5. The van der Waals surface area contributed by atoms with Gasteiger partial charge in [-0.3, -0.25) is 0 Å². The van der Waals surface area contributed by atoms with Crippen LogP contribution in [0.15, 0.2) is 30.3 Å². The monoisotopic (exact) mass is 234 g/mol. The summed E-state index contributed by atoms with van der Waals surface area (Å²) in [6.45, 7) is 9.63. The molecular formula is C15H26N2. The van der Waals surface area contributed by atoms with E-state index in [9.17, 15) is 0 Å². The molecule has 2 heteroatoms. The Labute approximate surface area is 106 Å². The van der Waals surface area contributed by atoms with Gasteiger partial charge >= 0.3 is 0 Å². The highest BCUT2D eigenvalue weighted by atomic mass is 15.1. The van der Waals surface area contributed by atoms with E-state index in [0.717, 1.165) is 13.1 Å². The van der Waals surface area contributed by atoms with Crippen molar-refractivity contribution in [2.75, 3.05) is 26.7 Å². The maximum atomic E-state index is 5.89. The van der Waals surface area contributed by atoms with Gasteiger partial charge in [-0.1, -0.05) is 51.1 Å². The number of likely N-dealkylation sites (N-methyl/N-ethyl adjacent to an activating group) is 1. The molecule has 0 spiro atoms. The Morgan fingerprint density at radius 2 is 1.76 bits per heavy atom. The van der Waals surface area contributed by atoms with Crippen molar-refractivity contribution in [2.24, 2.45) is 11.1 Å². The van der Waals surface area contributed by atoms with E-state index >= 15 is 0 Å². The van der Waals surface area contributed by atoms with Crippen LogP contribution in [-0.2, 0) is 0 Å². The number of benzene rings is 1. The van der Waals surface area contributed by atoms with Gasteiger partial charge < -0.3 is 10.6 Å². The lowest BCUT2D eigenvalue weighted by Crippen LogP contribution is -2.34. The molecule has 0 saturated carbocycles. The second kappa shape index (κ2) is 6.18. The molecule has 2 nitrogen and oxygen atoms in total. The highest BCUT2D eigenvalue weighted by Gasteiger charge is 2.17. The Morgan fingerprint density at radius 3 is 2.24 bits per heavy atom. The molecule has 0 aliphatic carbocycles. The predicted molar refractivity (Wildman–Crippen MR) is 75.2 cm³/mol. The summed E-state index contributed by atoms with van der Waals surface area (Å²) >= 11 is 0. The minimum absolute atomic E-state index is 0.338. The molecule has 2 N–H and O–H groups in total. The molecule has 1 aromatic rings. The van der Waals surface area contributed by atoms with Crippen molar-refractivity contribution in [3.63, 3.8) is 0 Å². The molecule has 96 valence electrons. The Hall–Kier alpha value is -0.860. The van der Waals surface area contributed by atoms with Crippen LogP contribution in [0.25, 0.3) is 0 Å². The molecule has 1 aromatic carbocycles. The zero-order valence-electron chi connectivity index (χ0n) is 11.6. The van der Waals surface area contributed by atoms with Crippen molar-refractivity contribution < 1.29 is 0 Å². The molecule has 1 atom stereocenters. The first-order valence-electron chi connectivity index (χ1n) is 6.36. The third kappa shape index (κ3) is 5.33. The third-order valence-corrected chi connectivity index (χ3v) is 2.83. The van der Waals surface area contributed by atoms with Crippen molar-refractivity contribution in [2.45, 2.75) is 26.7 Å². The molecule has 0 heterocycles. The highest BCUT2D eigenvalue weighted by molar-refractivity contribution is 5.20. The van der Waals surface area contributed by atoms with Crippen LogP contribution in [0, 0.1) is 5.41 Å². The Bertz CT molecular complexity index is 313. The maximum Gasteiger partial charge on any atom is 0.00887 e. The zero-order chi connectivity index (χ0) is 12.9. The van der Waals surface area contributed by atoms with Crippen molar-refractivity contribution in [1.29, 1.82) is 0 Å². The van der Waals surface area contributed by atoms with Gasteiger partial charge in [0.25, 0.3) is 0 Å². The number of hydrogen-bond acceptors (Lipinski definition) is 2. The molecule has 0 fully saturated rings. The highest BCUT2D eigenvalue weighted by Crippen LogP contribution is 2.19. The largest absolute Gasteiger partial charge is 0.330 e. The summed E-state index contributed by atoms with van der Waals surface area (Å²) in [4.78, 5) is 2.38. The van der Waals surface area contributed by atoms with Crippen molar-refractivity contribution in [3.8, 4) is 0 Å². The zero-order valence-corrected chi connectivity index (χ0v) is 11.6. The van der Waals surface area contributed by atoms with Crippen molar-refractivity contribution in [1.82, 2.24) is 4.90 Å². The SMILES string of the molecule is CN(CC(CN)c1ccccc1)CC(C)(C)C. The van der Waals surface area contributed by atoms with Crippen LogP contribution in [0.1, 0.15) is 32.3 Å². The van der Waals surface area contributed by atoms with Crippen LogP contribution < -0.4 is 5.73 Å². The quantitative estimate of drug-likeness (QED) is 0.849. The molecule has 17 heavy (non-hydrogen) atoms. The van der Waals surface area contributed by atoms with Crippen LogP contribution in [0.4, 0.5) is 0 Å². The Kier molecular flexibility index (Phi) is 5.16. The van der Waals surface area contributed by atoms with Gasteiger partial charge in [-0.15, -0.1) is 0 Å². The Balaban J connectivity index is 2.59. The summed E-state index contributed by atoms with van der Waals surface area (Å²) < 4.78 is 0. The molecule has 1 unspecified atom stereocenters. The van der Waals surface area contributed by atoms with E-state index in [1.165, 1.54) is 5.56 Å².